The molecule has 1 aromatic carbocycles. The van der Waals surface area contributed by atoms with Crippen molar-refractivity contribution in [3.05, 3.63) is 51.9 Å². The van der Waals surface area contributed by atoms with E-state index in [0.717, 1.165) is 16.5 Å². The second-order valence-corrected chi connectivity index (χ2v) is 7.09. The Morgan fingerprint density at radius 1 is 1.35 bits per heavy atom. The minimum atomic E-state index is -0.891. The summed E-state index contributed by atoms with van der Waals surface area (Å²) < 4.78 is 5.52. The van der Waals surface area contributed by atoms with E-state index in [2.05, 4.69) is 11.1 Å². The van der Waals surface area contributed by atoms with Crippen molar-refractivity contribution in [2.24, 2.45) is 5.92 Å². The minimum Gasteiger partial charge on any atom is -0.446 e. The van der Waals surface area contributed by atoms with Crippen molar-refractivity contribution < 1.29 is 9.53 Å². The fraction of sp³-hybridized carbons (Fsp3) is 0.300. The van der Waals surface area contributed by atoms with Gasteiger partial charge in [0.2, 0.25) is 5.90 Å². The number of benzene rings is 1. The maximum absolute atomic E-state index is 12.6. The van der Waals surface area contributed by atoms with Crippen molar-refractivity contribution in [2.45, 2.75) is 32.1 Å². The Bertz CT molecular complexity index is 1040. The largest absolute Gasteiger partial charge is 0.446 e. The van der Waals surface area contributed by atoms with Gasteiger partial charge in [0.25, 0.3) is 0 Å². The van der Waals surface area contributed by atoms with E-state index in [0.29, 0.717) is 36.2 Å². The van der Waals surface area contributed by atoms with Crippen molar-refractivity contribution >= 4 is 34.2 Å². The van der Waals surface area contributed by atoms with Crippen LogP contribution >= 0.6 is 11.6 Å². The summed E-state index contributed by atoms with van der Waals surface area (Å²) in [5.41, 5.74) is 2.92. The van der Waals surface area contributed by atoms with E-state index >= 15 is 0 Å². The summed E-state index contributed by atoms with van der Waals surface area (Å²) in [5.74, 6) is -1.18. The lowest BCUT2D eigenvalue weighted by molar-refractivity contribution is -0.116. The molecule has 1 aliphatic heterocycles. The molecule has 0 spiro atoms. The topological polar surface area (TPSA) is 86.8 Å². The van der Waals surface area contributed by atoms with Gasteiger partial charge in [0, 0.05) is 29.7 Å². The molecule has 0 saturated carbocycles. The van der Waals surface area contributed by atoms with Gasteiger partial charge in [-0.05, 0) is 36.6 Å². The number of aryl methyl sites for hydroxylation is 1. The van der Waals surface area contributed by atoms with Crippen LogP contribution in [0.1, 0.15) is 36.3 Å². The molecule has 2 aromatic rings. The molecule has 0 bridgehead atoms. The molecule has 4 rings (SSSR count). The van der Waals surface area contributed by atoms with Crippen molar-refractivity contribution in [1.29, 1.82) is 10.7 Å². The van der Waals surface area contributed by atoms with Gasteiger partial charge >= 0.3 is 0 Å². The first-order valence-electron chi connectivity index (χ1n) is 8.48. The zero-order valence-electron chi connectivity index (χ0n) is 14.2. The number of allylic oxidation sites excluding steroid dienone is 2. The summed E-state index contributed by atoms with van der Waals surface area (Å²) in [6, 6.07) is 9.86. The third-order valence-electron chi connectivity index (χ3n) is 5.00. The predicted molar refractivity (Wildman–Crippen MR) is 98.0 cm³/mol. The fourth-order valence-electron chi connectivity index (χ4n) is 3.76. The van der Waals surface area contributed by atoms with Gasteiger partial charge in [-0.25, -0.2) is 4.98 Å². The second kappa shape index (κ2) is 6.22. The minimum absolute atomic E-state index is 0.0379. The Morgan fingerprint density at radius 3 is 2.92 bits per heavy atom. The third kappa shape index (κ3) is 2.58. The van der Waals surface area contributed by atoms with Crippen LogP contribution in [-0.2, 0) is 9.53 Å². The summed E-state index contributed by atoms with van der Waals surface area (Å²) >= 11 is 6.47. The number of hydrogen-bond acceptors (Lipinski definition) is 5. The van der Waals surface area contributed by atoms with Crippen LogP contribution in [0.15, 0.2) is 35.6 Å². The van der Waals surface area contributed by atoms with Crippen molar-refractivity contribution in [3.63, 3.8) is 0 Å². The number of aromatic nitrogens is 1. The van der Waals surface area contributed by atoms with Gasteiger partial charge in [0.05, 0.1) is 11.6 Å². The number of nitriles is 1. The van der Waals surface area contributed by atoms with E-state index < -0.39 is 11.8 Å². The molecule has 0 saturated heterocycles. The monoisotopic (exact) mass is 365 g/mol. The highest BCUT2D eigenvalue weighted by molar-refractivity contribution is 6.30. The number of fused-ring (bicyclic) bond motifs is 1. The third-order valence-corrected chi connectivity index (χ3v) is 5.30. The van der Waals surface area contributed by atoms with Gasteiger partial charge in [0.15, 0.2) is 5.78 Å². The fourth-order valence-corrected chi connectivity index (χ4v) is 4.02. The highest BCUT2D eigenvalue weighted by atomic mass is 35.5. The molecular weight excluding hydrogens is 350 g/mol. The summed E-state index contributed by atoms with van der Waals surface area (Å²) in [6.45, 7) is 1.98. The highest BCUT2D eigenvalue weighted by Crippen LogP contribution is 2.45. The van der Waals surface area contributed by atoms with Crippen LogP contribution in [0.4, 0.5) is 0 Å². The Morgan fingerprint density at radius 2 is 2.15 bits per heavy atom. The van der Waals surface area contributed by atoms with Gasteiger partial charge in [-0.15, -0.1) is 0 Å². The van der Waals surface area contributed by atoms with Crippen LogP contribution < -0.4 is 0 Å². The molecule has 1 N–H and O–H groups in total. The number of pyridine rings is 1. The first-order valence-corrected chi connectivity index (χ1v) is 8.86. The van der Waals surface area contributed by atoms with Crippen LogP contribution in [0.5, 0.6) is 0 Å². The van der Waals surface area contributed by atoms with Gasteiger partial charge in [-0.2, -0.15) is 5.26 Å². The summed E-state index contributed by atoms with van der Waals surface area (Å²) in [7, 11) is 0. The van der Waals surface area contributed by atoms with Crippen molar-refractivity contribution in [2.75, 3.05) is 0 Å². The first-order chi connectivity index (χ1) is 12.5. The summed E-state index contributed by atoms with van der Waals surface area (Å²) in [5, 5.41) is 18.9. The van der Waals surface area contributed by atoms with Crippen LogP contribution in [0.2, 0.25) is 5.15 Å². The Kier molecular flexibility index (Phi) is 4.01. The number of rotatable bonds is 1. The van der Waals surface area contributed by atoms with Crippen LogP contribution in [0, 0.1) is 29.6 Å². The number of halogens is 1. The SMILES string of the molecule is Cc1ccc2cc(C3C4=C(CCCC4=O)OC(=N)C3C#N)c(Cl)nc2c1. The average Bonchev–Trinajstić information content (AvgIpc) is 2.60. The maximum atomic E-state index is 12.6. The molecule has 0 fully saturated rings. The zero-order valence-corrected chi connectivity index (χ0v) is 14.9. The standard InChI is InChI=1S/C20H16ClN3O2/c1-10-5-6-11-8-12(19(21)24-14(11)7-10)17-13(9-22)20(23)26-16-4-2-3-15(25)18(16)17/h5-8,13,17,23H,2-4H2,1H3. The number of carbonyl (C=O) groups excluding carboxylic acids is 1. The lowest BCUT2D eigenvalue weighted by Crippen LogP contribution is -2.34. The van der Waals surface area contributed by atoms with E-state index in [9.17, 15) is 10.1 Å². The summed E-state index contributed by atoms with van der Waals surface area (Å²) in [4.78, 5) is 17.1. The number of Topliss-reactive ketones (excluding diaryl/α,β-unsaturated/α-hetero) is 1. The molecular formula is C20H16ClN3O2. The molecule has 2 aliphatic rings. The van der Waals surface area contributed by atoms with Crippen molar-refractivity contribution in [1.82, 2.24) is 4.98 Å². The number of carbonyl (C=O) groups is 1. The smallest absolute Gasteiger partial charge is 0.205 e. The Labute approximate surface area is 155 Å². The predicted octanol–water partition coefficient (Wildman–Crippen LogP) is 4.43. The molecule has 130 valence electrons. The molecule has 1 aliphatic carbocycles. The molecule has 6 heteroatoms. The Hall–Kier alpha value is -2.71. The van der Waals surface area contributed by atoms with E-state index in [1.165, 1.54) is 0 Å². The summed E-state index contributed by atoms with van der Waals surface area (Å²) in [6.07, 6.45) is 1.70. The molecule has 0 amide bonds. The van der Waals surface area contributed by atoms with Gasteiger partial charge in [-0.3, -0.25) is 10.2 Å². The van der Waals surface area contributed by atoms with Crippen LogP contribution in [0.25, 0.3) is 10.9 Å². The molecule has 2 unspecified atom stereocenters. The molecule has 5 nitrogen and oxygen atoms in total. The highest BCUT2D eigenvalue weighted by Gasteiger charge is 2.43. The van der Waals surface area contributed by atoms with E-state index in [1.54, 1.807) is 0 Å². The number of nitrogens with zero attached hydrogens (tertiary/aromatic N) is 2. The first kappa shape index (κ1) is 16.7. The average molecular weight is 366 g/mol. The second-order valence-electron chi connectivity index (χ2n) is 6.73. The number of ketones is 1. The zero-order chi connectivity index (χ0) is 18.4. The number of hydrogen-bond donors (Lipinski definition) is 1. The lowest BCUT2D eigenvalue weighted by Gasteiger charge is -2.34. The van der Waals surface area contributed by atoms with E-state index in [4.69, 9.17) is 21.7 Å². The molecule has 26 heavy (non-hydrogen) atoms. The van der Waals surface area contributed by atoms with E-state index in [1.807, 2.05) is 31.2 Å². The van der Waals surface area contributed by atoms with Crippen LogP contribution in [0.3, 0.4) is 0 Å². The quantitative estimate of drug-likeness (QED) is 0.757. The lowest BCUT2D eigenvalue weighted by atomic mass is 9.74. The molecule has 1 aromatic heterocycles. The van der Waals surface area contributed by atoms with Crippen molar-refractivity contribution in [3.8, 4) is 6.07 Å². The van der Waals surface area contributed by atoms with Gasteiger partial charge < -0.3 is 4.74 Å². The van der Waals surface area contributed by atoms with Crippen LogP contribution in [-0.4, -0.2) is 16.7 Å². The molecule has 0 radical (unpaired) electrons. The van der Waals surface area contributed by atoms with E-state index in [-0.39, 0.29) is 16.8 Å². The van der Waals surface area contributed by atoms with Gasteiger partial charge in [0.1, 0.15) is 16.8 Å². The number of ether oxygens (including phenoxy) is 1. The normalized spacial score (nSPS) is 22.8. The molecule has 2 atom stereocenters. The Balaban J connectivity index is 1.96. The number of nitrogens with one attached hydrogen (secondary N) is 1. The maximum Gasteiger partial charge on any atom is 0.205 e. The van der Waals surface area contributed by atoms with Gasteiger partial charge in [-0.1, -0.05) is 23.7 Å². The molecule has 2 heterocycles.